The molecule has 0 amide bonds. The first-order chi connectivity index (χ1) is 11.0. The average Bonchev–Trinajstić information content (AvgIpc) is 2.85. The maximum Gasteiger partial charge on any atom is 0.314 e. The van der Waals surface area contributed by atoms with Gasteiger partial charge in [-0.15, -0.1) is 0 Å². The van der Waals surface area contributed by atoms with Crippen LogP contribution in [0.4, 0.5) is 0 Å². The van der Waals surface area contributed by atoms with E-state index in [2.05, 4.69) is 0 Å². The third-order valence-electron chi connectivity index (χ3n) is 4.53. The summed E-state index contributed by atoms with van der Waals surface area (Å²) in [6.45, 7) is 5.53. The Labute approximate surface area is 136 Å². The minimum atomic E-state index is -0.171. The van der Waals surface area contributed by atoms with Gasteiger partial charge >= 0.3 is 5.97 Å². The number of ketones is 1. The van der Waals surface area contributed by atoms with Crippen molar-refractivity contribution in [3.63, 3.8) is 0 Å². The molecule has 1 heterocycles. The molecule has 0 atom stereocenters. The molecule has 1 aromatic carbocycles. The second-order valence-electron chi connectivity index (χ2n) is 6.63. The van der Waals surface area contributed by atoms with Gasteiger partial charge in [-0.3, -0.25) is 9.59 Å². The predicted octanol–water partition coefficient (Wildman–Crippen LogP) is 4.35. The zero-order valence-electron chi connectivity index (χ0n) is 13.9. The third kappa shape index (κ3) is 3.03. The summed E-state index contributed by atoms with van der Waals surface area (Å²) in [6.07, 6.45) is 5.18. The molecule has 3 rings (SSSR count). The summed E-state index contributed by atoms with van der Waals surface area (Å²) in [5.74, 6) is 1.04. The Kier molecular flexibility index (Phi) is 4.24. The van der Waals surface area contributed by atoms with Crippen molar-refractivity contribution < 1.29 is 19.1 Å². The van der Waals surface area contributed by atoms with Crippen molar-refractivity contribution in [1.29, 1.82) is 0 Å². The van der Waals surface area contributed by atoms with E-state index in [9.17, 15) is 9.59 Å². The highest BCUT2D eigenvalue weighted by Crippen LogP contribution is 2.38. The highest BCUT2D eigenvalue weighted by Gasteiger charge is 2.31. The number of ether oxygens (including phenoxy) is 2. The number of esters is 1. The van der Waals surface area contributed by atoms with Crippen molar-refractivity contribution in [2.75, 3.05) is 0 Å². The number of fused-ring (bicyclic) bond motifs is 1. The molecule has 23 heavy (non-hydrogen) atoms. The fraction of sp³-hybridized carbons (Fsp3) is 0.474. The molecule has 0 N–H and O–H groups in total. The molecule has 1 aliphatic carbocycles. The van der Waals surface area contributed by atoms with Crippen LogP contribution in [0.2, 0.25) is 0 Å². The standard InChI is InChI=1S/C19H22O4/c1-11(2)18-17(20)16-12(3)9-14(10-15(16)23-18)22-19(21)13-7-5-4-6-8-13/h9-10,13H,4-8H2,1-3H3. The molecule has 1 aliphatic heterocycles. The van der Waals surface area contributed by atoms with E-state index in [1.807, 2.05) is 20.8 Å². The van der Waals surface area contributed by atoms with Crippen LogP contribution >= 0.6 is 0 Å². The van der Waals surface area contributed by atoms with E-state index in [-0.39, 0.29) is 17.7 Å². The van der Waals surface area contributed by atoms with Crippen LogP contribution in [0.25, 0.3) is 0 Å². The van der Waals surface area contributed by atoms with E-state index in [0.29, 0.717) is 22.8 Å². The summed E-state index contributed by atoms with van der Waals surface area (Å²) in [5, 5.41) is 0. The summed E-state index contributed by atoms with van der Waals surface area (Å²) in [4.78, 5) is 24.6. The molecular weight excluding hydrogens is 292 g/mol. The fourth-order valence-electron chi connectivity index (χ4n) is 3.29. The van der Waals surface area contributed by atoms with Crippen LogP contribution in [0.1, 0.15) is 61.9 Å². The lowest BCUT2D eigenvalue weighted by Crippen LogP contribution is -2.22. The van der Waals surface area contributed by atoms with Crippen molar-refractivity contribution in [3.8, 4) is 11.5 Å². The summed E-state index contributed by atoms with van der Waals surface area (Å²) in [6, 6.07) is 3.39. The second-order valence-corrected chi connectivity index (χ2v) is 6.63. The molecule has 1 saturated carbocycles. The van der Waals surface area contributed by atoms with Crippen LogP contribution in [0, 0.1) is 12.8 Å². The molecule has 0 unspecified atom stereocenters. The molecule has 122 valence electrons. The molecule has 4 nitrogen and oxygen atoms in total. The minimum absolute atomic E-state index is 0.00629. The van der Waals surface area contributed by atoms with Gasteiger partial charge in [0.2, 0.25) is 5.78 Å². The van der Waals surface area contributed by atoms with Gasteiger partial charge in [0, 0.05) is 6.07 Å². The number of hydrogen-bond donors (Lipinski definition) is 0. The largest absolute Gasteiger partial charge is 0.452 e. The molecular formula is C19H22O4. The maximum absolute atomic E-state index is 12.3. The van der Waals surface area contributed by atoms with Gasteiger partial charge < -0.3 is 9.47 Å². The SMILES string of the molecule is CC(C)=C1Oc2cc(OC(=O)C3CCCCC3)cc(C)c2C1=O. The predicted molar refractivity (Wildman–Crippen MR) is 86.7 cm³/mol. The average molecular weight is 314 g/mol. The van der Waals surface area contributed by atoms with Gasteiger partial charge in [0.15, 0.2) is 5.76 Å². The maximum atomic E-state index is 12.3. The zero-order valence-corrected chi connectivity index (χ0v) is 13.9. The molecule has 0 aromatic heterocycles. The monoisotopic (exact) mass is 314 g/mol. The van der Waals surface area contributed by atoms with Gasteiger partial charge in [0.05, 0.1) is 11.5 Å². The Morgan fingerprint density at radius 2 is 1.87 bits per heavy atom. The Hall–Kier alpha value is -2.10. The Morgan fingerprint density at radius 3 is 2.52 bits per heavy atom. The first kappa shape index (κ1) is 15.8. The third-order valence-corrected chi connectivity index (χ3v) is 4.53. The molecule has 0 bridgehead atoms. The fourth-order valence-corrected chi connectivity index (χ4v) is 3.29. The number of carbonyl (C=O) groups excluding carboxylic acids is 2. The lowest BCUT2D eigenvalue weighted by Gasteiger charge is -2.20. The summed E-state index contributed by atoms with van der Waals surface area (Å²) < 4.78 is 11.2. The van der Waals surface area contributed by atoms with Crippen LogP contribution in [-0.4, -0.2) is 11.8 Å². The Bertz CT molecular complexity index is 690. The highest BCUT2D eigenvalue weighted by molar-refractivity contribution is 6.13. The number of Topliss-reactive ketones (excluding diaryl/α,β-unsaturated/α-hetero) is 1. The second kappa shape index (κ2) is 6.19. The van der Waals surface area contributed by atoms with Gasteiger partial charge in [-0.1, -0.05) is 19.3 Å². The van der Waals surface area contributed by atoms with Crippen LogP contribution in [0.5, 0.6) is 11.5 Å². The number of hydrogen-bond acceptors (Lipinski definition) is 4. The highest BCUT2D eigenvalue weighted by atomic mass is 16.5. The minimum Gasteiger partial charge on any atom is -0.452 e. The smallest absolute Gasteiger partial charge is 0.314 e. The van der Waals surface area contributed by atoms with E-state index in [0.717, 1.165) is 36.8 Å². The van der Waals surface area contributed by atoms with E-state index >= 15 is 0 Å². The van der Waals surface area contributed by atoms with Crippen LogP contribution in [0.3, 0.4) is 0 Å². The molecule has 2 aliphatic rings. The molecule has 0 spiro atoms. The molecule has 1 aromatic rings. The van der Waals surface area contributed by atoms with Crippen molar-refractivity contribution in [2.24, 2.45) is 5.92 Å². The Morgan fingerprint density at radius 1 is 1.17 bits per heavy atom. The van der Waals surface area contributed by atoms with Crippen LogP contribution in [-0.2, 0) is 4.79 Å². The lowest BCUT2D eigenvalue weighted by atomic mass is 9.89. The van der Waals surface area contributed by atoms with Crippen molar-refractivity contribution in [2.45, 2.75) is 52.9 Å². The lowest BCUT2D eigenvalue weighted by molar-refractivity contribution is -0.139. The number of benzene rings is 1. The van der Waals surface area contributed by atoms with Gasteiger partial charge in [-0.05, 0) is 50.8 Å². The van der Waals surface area contributed by atoms with Crippen LogP contribution in [0.15, 0.2) is 23.5 Å². The number of carbonyl (C=O) groups is 2. The van der Waals surface area contributed by atoms with E-state index in [4.69, 9.17) is 9.47 Å². The number of aryl methyl sites for hydroxylation is 1. The van der Waals surface area contributed by atoms with Crippen LogP contribution < -0.4 is 9.47 Å². The van der Waals surface area contributed by atoms with Crippen molar-refractivity contribution >= 4 is 11.8 Å². The van der Waals surface area contributed by atoms with E-state index in [1.54, 1.807) is 12.1 Å². The summed E-state index contributed by atoms with van der Waals surface area (Å²) >= 11 is 0. The number of allylic oxidation sites excluding steroid dienone is 2. The first-order valence-corrected chi connectivity index (χ1v) is 8.23. The molecule has 0 saturated heterocycles. The van der Waals surface area contributed by atoms with Gasteiger partial charge in [-0.25, -0.2) is 0 Å². The normalized spacial score (nSPS) is 17.7. The quantitative estimate of drug-likeness (QED) is 0.462. The summed E-state index contributed by atoms with van der Waals surface area (Å²) in [7, 11) is 0. The Balaban J connectivity index is 1.83. The van der Waals surface area contributed by atoms with Crippen molar-refractivity contribution in [1.82, 2.24) is 0 Å². The van der Waals surface area contributed by atoms with Gasteiger partial charge in [-0.2, -0.15) is 0 Å². The van der Waals surface area contributed by atoms with Gasteiger partial charge in [0.25, 0.3) is 0 Å². The van der Waals surface area contributed by atoms with E-state index in [1.165, 1.54) is 6.42 Å². The molecule has 1 fully saturated rings. The first-order valence-electron chi connectivity index (χ1n) is 8.23. The topological polar surface area (TPSA) is 52.6 Å². The molecule has 4 heteroatoms. The number of rotatable bonds is 2. The van der Waals surface area contributed by atoms with Crippen molar-refractivity contribution in [3.05, 3.63) is 34.6 Å². The van der Waals surface area contributed by atoms with Gasteiger partial charge in [0.1, 0.15) is 11.5 Å². The zero-order chi connectivity index (χ0) is 16.6. The summed E-state index contributed by atoms with van der Waals surface area (Å²) in [5.41, 5.74) is 2.18. The van der Waals surface area contributed by atoms with E-state index < -0.39 is 0 Å². The molecule has 0 radical (unpaired) electrons.